The summed E-state index contributed by atoms with van der Waals surface area (Å²) in [5.74, 6) is -0.778. The van der Waals surface area contributed by atoms with E-state index in [0.717, 1.165) is 0 Å². The predicted octanol–water partition coefficient (Wildman–Crippen LogP) is -6.76. The van der Waals surface area contributed by atoms with Crippen molar-refractivity contribution in [2.75, 3.05) is 19.7 Å². The lowest BCUT2D eigenvalue weighted by atomic mass is 9.83. The quantitative estimate of drug-likeness (QED) is 0.123. The Bertz CT molecular complexity index is 741. The Morgan fingerprint density at radius 1 is 0.973 bits per heavy atom. The summed E-state index contributed by atoms with van der Waals surface area (Å²) in [6.45, 7) is -0.457. The number of aliphatic hydroxyl groups is 6. The number of ether oxygens (including phenoxy) is 4. The number of carbonyl (C=O) groups is 1. The molecule has 2 heterocycles. The second-order valence-electron chi connectivity index (χ2n) is 9.75. The fourth-order valence-electron chi connectivity index (χ4n) is 4.79. The Hall–Kier alpha value is -1.09. The SMILES string of the molecule is NCC[C@@H](O)C(=O)N[C@@H]1C[C@@H](N)[C@@H](O[C@H]2O[C@@H](CN)C[C@@H](O)[C@@H]2N)[C@H](O[C@@H]2O[C@@H](CO)[C@@H](O)[C@@H]2O)[C@@H]1O. The molecule has 3 rings (SSSR count). The third-order valence-electron chi connectivity index (χ3n) is 7.02. The maximum absolute atomic E-state index is 12.4. The van der Waals surface area contributed by atoms with Crippen molar-refractivity contribution < 1.29 is 54.4 Å². The van der Waals surface area contributed by atoms with E-state index in [0.29, 0.717) is 0 Å². The van der Waals surface area contributed by atoms with Crippen LogP contribution >= 0.6 is 0 Å². The molecule has 2 aliphatic heterocycles. The van der Waals surface area contributed by atoms with Crippen LogP contribution in [0.3, 0.4) is 0 Å². The summed E-state index contributed by atoms with van der Waals surface area (Å²) in [6, 6.07) is -2.90. The number of nitrogens with two attached hydrogens (primary N) is 4. The second-order valence-corrected chi connectivity index (χ2v) is 9.75. The number of amides is 1. The van der Waals surface area contributed by atoms with Crippen LogP contribution in [0.4, 0.5) is 0 Å². The molecule has 1 amide bonds. The Morgan fingerprint density at radius 2 is 1.65 bits per heavy atom. The van der Waals surface area contributed by atoms with Gasteiger partial charge < -0.3 is 77.8 Å². The molecule has 0 aromatic heterocycles. The highest BCUT2D eigenvalue weighted by Crippen LogP contribution is 2.32. The number of carbonyl (C=O) groups excluding carboxylic acids is 1. The zero-order valence-electron chi connectivity index (χ0n) is 20.4. The summed E-state index contributed by atoms with van der Waals surface area (Å²) >= 11 is 0. The molecule has 3 fully saturated rings. The van der Waals surface area contributed by atoms with E-state index in [4.69, 9.17) is 41.9 Å². The van der Waals surface area contributed by atoms with E-state index in [1.807, 2.05) is 0 Å². The van der Waals surface area contributed by atoms with Gasteiger partial charge in [-0.3, -0.25) is 4.79 Å². The molecule has 37 heavy (non-hydrogen) atoms. The van der Waals surface area contributed by atoms with Gasteiger partial charge >= 0.3 is 0 Å². The van der Waals surface area contributed by atoms with Crippen LogP contribution in [-0.4, -0.2) is 142 Å². The summed E-state index contributed by atoms with van der Waals surface area (Å²) in [5.41, 5.74) is 23.5. The highest BCUT2D eigenvalue weighted by molar-refractivity contribution is 5.80. The molecule has 0 aromatic carbocycles. The first-order chi connectivity index (χ1) is 17.5. The average molecular weight is 540 g/mol. The minimum absolute atomic E-state index is 0.00352. The van der Waals surface area contributed by atoms with Gasteiger partial charge in [-0.25, -0.2) is 0 Å². The lowest BCUT2D eigenvalue weighted by Gasteiger charge is -2.47. The van der Waals surface area contributed by atoms with Crippen molar-refractivity contribution in [2.45, 2.75) is 105 Å². The molecule has 0 unspecified atom stereocenters. The molecular weight excluding hydrogens is 498 g/mol. The normalized spacial score (nSPS) is 45.5. The summed E-state index contributed by atoms with van der Waals surface area (Å²) < 4.78 is 23.0. The minimum atomic E-state index is -1.58. The van der Waals surface area contributed by atoms with E-state index < -0.39 is 98.2 Å². The third kappa shape index (κ3) is 6.92. The zero-order chi connectivity index (χ0) is 27.4. The van der Waals surface area contributed by atoms with E-state index in [-0.39, 0.29) is 32.4 Å². The van der Waals surface area contributed by atoms with E-state index in [1.165, 1.54) is 0 Å². The molecular formula is C21H41N5O11. The van der Waals surface area contributed by atoms with Gasteiger partial charge in [0.25, 0.3) is 0 Å². The number of nitrogens with one attached hydrogen (secondary N) is 1. The van der Waals surface area contributed by atoms with Crippen LogP contribution in [0.2, 0.25) is 0 Å². The molecule has 3 aliphatic rings. The van der Waals surface area contributed by atoms with Crippen LogP contribution < -0.4 is 28.3 Å². The van der Waals surface area contributed by atoms with Crippen molar-refractivity contribution in [3.63, 3.8) is 0 Å². The number of aliphatic hydroxyl groups excluding tert-OH is 6. The molecule has 0 aromatic rings. The smallest absolute Gasteiger partial charge is 0.249 e. The first-order valence-corrected chi connectivity index (χ1v) is 12.4. The minimum Gasteiger partial charge on any atom is -0.394 e. The van der Waals surface area contributed by atoms with Crippen LogP contribution in [0, 0.1) is 0 Å². The van der Waals surface area contributed by atoms with Crippen LogP contribution in [0.25, 0.3) is 0 Å². The summed E-state index contributed by atoms with van der Waals surface area (Å²) in [5, 5.41) is 63.8. The highest BCUT2D eigenvalue weighted by atomic mass is 16.7. The van der Waals surface area contributed by atoms with Gasteiger partial charge in [0.15, 0.2) is 12.6 Å². The molecule has 0 bridgehead atoms. The van der Waals surface area contributed by atoms with Crippen molar-refractivity contribution in [3.05, 3.63) is 0 Å². The van der Waals surface area contributed by atoms with Crippen LogP contribution in [0.5, 0.6) is 0 Å². The highest BCUT2D eigenvalue weighted by Gasteiger charge is 2.52. The summed E-state index contributed by atoms with van der Waals surface area (Å²) in [4.78, 5) is 12.4. The Labute approximate surface area is 213 Å². The van der Waals surface area contributed by atoms with Gasteiger partial charge in [-0.1, -0.05) is 0 Å². The van der Waals surface area contributed by atoms with Crippen molar-refractivity contribution in [1.82, 2.24) is 5.32 Å². The molecule has 15 N–H and O–H groups in total. The van der Waals surface area contributed by atoms with Crippen molar-refractivity contribution in [2.24, 2.45) is 22.9 Å². The van der Waals surface area contributed by atoms with Crippen LogP contribution in [-0.2, 0) is 23.7 Å². The Kier molecular flexibility index (Phi) is 11.0. The zero-order valence-corrected chi connectivity index (χ0v) is 20.4. The summed E-state index contributed by atoms with van der Waals surface area (Å²) in [7, 11) is 0. The van der Waals surface area contributed by atoms with Gasteiger partial charge in [-0.15, -0.1) is 0 Å². The maximum Gasteiger partial charge on any atom is 0.249 e. The van der Waals surface area contributed by atoms with E-state index in [9.17, 15) is 35.4 Å². The number of hydrogen-bond donors (Lipinski definition) is 11. The standard InChI is InChI=1S/C21H41N5O11/c22-2-1-10(28)19(33)26-9-4-8(24)17(36-20-13(25)11(29)3-7(5-23)34-20)18(14(9)30)37-21-16(32)15(31)12(6-27)35-21/h7-18,20-21,27-32H,1-6,22-25H2,(H,26,33)/t7-,8-,9-,10-,11-,12+,13+,14-,15-,16+,17-,18-,20-,21+/m1/s1. The lowest BCUT2D eigenvalue weighted by Crippen LogP contribution is -2.67. The Balaban J connectivity index is 1.82. The topological polar surface area (TPSA) is 291 Å². The van der Waals surface area contributed by atoms with Crippen LogP contribution in [0.1, 0.15) is 19.3 Å². The lowest BCUT2D eigenvalue weighted by molar-refractivity contribution is -0.294. The molecule has 16 heteroatoms. The van der Waals surface area contributed by atoms with E-state index in [1.54, 1.807) is 0 Å². The fraction of sp³-hybridized carbons (Fsp3) is 0.952. The van der Waals surface area contributed by atoms with Gasteiger partial charge in [0.1, 0.15) is 42.7 Å². The van der Waals surface area contributed by atoms with Gasteiger partial charge in [0.2, 0.25) is 5.91 Å². The van der Waals surface area contributed by atoms with Gasteiger partial charge in [-0.2, -0.15) is 0 Å². The Morgan fingerprint density at radius 3 is 2.24 bits per heavy atom. The number of rotatable bonds is 10. The largest absolute Gasteiger partial charge is 0.394 e. The number of hydrogen-bond acceptors (Lipinski definition) is 15. The van der Waals surface area contributed by atoms with Crippen molar-refractivity contribution >= 4 is 5.91 Å². The molecule has 216 valence electrons. The van der Waals surface area contributed by atoms with E-state index in [2.05, 4.69) is 5.32 Å². The molecule has 16 nitrogen and oxygen atoms in total. The van der Waals surface area contributed by atoms with Gasteiger partial charge in [0.05, 0.1) is 30.9 Å². The maximum atomic E-state index is 12.4. The molecule has 1 aliphatic carbocycles. The third-order valence-corrected chi connectivity index (χ3v) is 7.02. The first kappa shape index (κ1) is 30.5. The van der Waals surface area contributed by atoms with E-state index >= 15 is 0 Å². The monoisotopic (exact) mass is 539 g/mol. The fourth-order valence-corrected chi connectivity index (χ4v) is 4.79. The first-order valence-electron chi connectivity index (χ1n) is 12.4. The van der Waals surface area contributed by atoms with Gasteiger partial charge in [-0.05, 0) is 19.4 Å². The molecule has 14 atom stereocenters. The summed E-state index contributed by atoms with van der Waals surface area (Å²) in [6.07, 6.45) is -13.7. The van der Waals surface area contributed by atoms with Crippen molar-refractivity contribution in [1.29, 1.82) is 0 Å². The average Bonchev–Trinajstić information content (AvgIpc) is 3.14. The van der Waals surface area contributed by atoms with Crippen LogP contribution in [0.15, 0.2) is 0 Å². The molecule has 0 spiro atoms. The molecule has 0 radical (unpaired) electrons. The molecule has 1 saturated carbocycles. The van der Waals surface area contributed by atoms with Gasteiger partial charge in [0, 0.05) is 19.0 Å². The predicted molar refractivity (Wildman–Crippen MR) is 124 cm³/mol. The molecule has 2 saturated heterocycles. The second kappa shape index (κ2) is 13.3. The van der Waals surface area contributed by atoms with Crippen molar-refractivity contribution in [3.8, 4) is 0 Å².